The van der Waals surface area contributed by atoms with E-state index in [0.717, 1.165) is 5.56 Å². The Labute approximate surface area is 237 Å². The number of carbonyl (C=O) groups excluding carboxylic acids is 3. The number of rotatable bonds is 10. The molecule has 210 valence electrons. The normalized spacial score (nSPS) is 15.5. The van der Waals surface area contributed by atoms with Crippen molar-refractivity contribution in [1.82, 2.24) is 0 Å². The van der Waals surface area contributed by atoms with Crippen molar-refractivity contribution in [2.24, 2.45) is 5.73 Å². The van der Waals surface area contributed by atoms with E-state index in [9.17, 15) is 19.5 Å². The molecule has 1 heterocycles. The predicted octanol–water partition coefficient (Wildman–Crippen LogP) is 2.28. The van der Waals surface area contributed by atoms with E-state index in [1.807, 2.05) is 30.3 Å². The number of hydrogen-bond acceptors (Lipinski definition) is 7. The Bertz CT molecular complexity index is 1320. The number of nitrogen functional groups attached to an aromatic ring is 1. The molecule has 3 aromatic carbocycles. The lowest BCUT2D eigenvalue weighted by Crippen LogP contribution is -2.55. The minimum atomic E-state index is -1.75. The van der Waals surface area contributed by atoms with Crippen LogP contribution < -0.4 is 21.3 Å². The largest absolute Gasteiger partial charge is 0.384 e. The van der Waals surface area contributed by atoms with E-state index < -0.39 is 24.0 Å². The molecule has 1 aliphatic rings. The average molecular weight is 568 g/mol. The van der Waals surface area contributed by atoms with Crippen molar-refractivity contribution < 1.29 is 29.0 Å². The highest BCUT2D eigenvalue weighted by Gasteiger charge is 2.39. The van der Waals surface area contributed by atoms with Crippen LogP contribution in [0.1, 0.15) is 11.1 Å². The van der Waals surface area contributed by atoms with E-state index in [4.69, 9.17) is 20.6 Å². The lowest BCUT2D eigenvalue weighted by atomic mass is 10.1. The zero-order valence-corrected chi connectivity index (χ0v) is 22.2. The van der Waals surface area contributed by atoms with E-state index in [0.29, 0.717) is 29.2 Å². The number of carbonyl (C=O) groups is 3. The SMILES string of the molecule is Cl.N=C(N)c1ccc(NC(=O)[C@H](O)[C@H]2OCCN(c3ccc(NC(=O)COCc4ccccc4)cc3)C2=O)cc1. The summed E-state index contributed by atoms with van der Waals surface area (Å²) < 4.78 is 10.9. The minimum absolute atomic E-state index is 0. The van der Waals surface area contributed by atoms with E-state index in [1.54, 1.807) is 36.4 Å². The third-order valence-electron chi connectivity index (χ3n) is 5.95. The monoisotopic (exact) mass is 567 g/mol. The van der Waals surface area contributed by atoms with Crippen LogP contribution >= 0.6 is 12.4 Å². The Hall–Kier alpha value is -4.29. The van der Waals surface area contributed by atoms with Gasteiger partial charge in [-0.1, -0.05) is 30.3 Å². The van der Waals surface area contributed by atoms with E-state index in [1.165, 1.54) is 17.0 Å². The summed E-state index contributed by atoms with van der Waals surface area (Å²) in [5, 5.41) is 23.3. The molecule has 2 atom stereocenters. The van der Waals surface area contributed by atoms with Crippen LogP contribution in [0.3, 0.4) is 0 Å². The van der Waals surface area contributed by atoms with Gasteiger partial charge in [-0.15, -0.1) is 12.4 Å². The van der Waals surface area contributed by atoms with Gasteiger partial charge in [-0.3, -0.25) is 19.8 Å². The molecule has 0 saturated carbocycles. The Morgan fingerprint density at radius 1 is 1.02 bits per heavy atom. The van der Waals surface area contributed by atoms with Gasteiger partial charge < -0.3 is 35.8 Å². The van der Waals surface area contributed by atoms with Crippen LogP contribution in [0.5, 0.6) is 0 Å². The molecule has 3 aromatic rings. The zero-order valence-electron chi connectivity index (χ0n) is 21.4. The fourth-order valence-corrected chi connectivity index (χ4v) is 3.93. The third kappa shape index (κ3) is 7.87. The molecule has 0 aromatic heterocycles. The fourth-order valence-electron chi connectivity index (χ4n) is 3.93. The van der Waals surface area contributed by atoms with Gasteiger partial charge in [0.1, 0.15) is 12.4 Å². The predicted molar refractivity (Wildman–Crippen MR) is 153 cm³/mol. The average Bonchev–Trinajstić information content (AvgIpc) is 2.94. The van der Waals surface area contributed by atoms with Crippen molar-refractivity contribution in [2.75, 3.05) is 35.3 Å². The van der Waals surface area contributed by atoms with Gasteiger partial charge in [-0.25, -0.2) is 0 Å². The van der Waals surface area contributed by atoms with Crippen LogP contribution in [0.4, 0.5) is 17.1 Å². The van der Waals surface area contributed by atoms with E-state index in [2.05, 4.69) is 10.6 Å². The number of morpholine rings is 1. The van der Waals surface area contributed by atoms with E-state index in [-0.39, 0.29) is 43.9 Å². The Morgan fingerprint density at radius 2 is 1.65 bits per heavy atom. The molecule has 0 radical (unpaired) electrons. The first kappa shape index (κ1) is 30.3. The number of amidine groups is 1. The molecule has 0 spiro atoms. The van der Waals surface area contributed by atoms with Crippen LogP contribution in [0.2, 0.25) is 0 Å². The Morgan fingerprint density at radius 3 is 2.30 bits per heavy atom. The Kier molecular flexibility index (Phi) is 10.7. The summed E-state index contributed by atoms with van der Waals surface area (Å²) in [6.45, 7) is 0.561. The van der Waals surface area contributed by atoms with Crippen molar-refractivity contribution in [2.45, 2.75) is 18.8 Å². The van der Waals surface area contributed by atoms with Gasteiger partial charge in [0.05, 0.1) is 13.2 Å². The zero-order chi connectivity index (χ0) is 27.8. The van der Waals surface area contributed by atoms with Crippen LogP contribution in [-0.4, -0.2) is 60.6 Å². The second-order valence-corrected chi connectivity index (χ2v) is 8.78. The molecule has 4 rings (SSSR count). The molecule has 3 amide bonds. The quantitative estimate of drug-likeness (QED) is 0.185. The van der Waals surface area contributed by atoms with Gasteiger partial charge in [-0.05, 0) is 54.1 Å². The minimum Gasteiger partial charge on any atom is -0.384 e. The van der Waals surface area contributed by atoms with Gasteiger partial charge in [0.25, 0.3) is 11.8 Å². The first-order chi connectivity index (χ1) is 18.8. The molecule has 1 saturated heterocycles. The van der Waals surface area contributed by atoms with Crippen molar-refractivity contribution in [3.05, 3.63) is 90.0 Å². The molecule has 6 N–H and O–H groups in total. The van der Waals surface area contributed by atoms with Crippen LogP contribution in [0.25, 0.3) is 0 Å². The fraction of sp³-hybridized carbons (Fsp3) is 0.214. The number of ether oxygens (including phenoxy) is 2. The summed E-state index contributed by atoms with van der Waals surface area (Å²) in [6.07, 6.45) is -3.14. The van der Waals surface area contributed by atoms with Crippen LogP contribution in [-0.2, 0) is 30.5 Å². The van der Waals surface area contributed by atoms with Crippen molar-refractivity contribution in [3.63, 3.8) is 0 Å². The number of nitrogens with two attached hydrogens (primary N) is 1. The maximum Gasteiger partial charge on any atom is 0.259 e. The highest BCUT2D eigenvalue weighted by atomic mass is 35.5. The highest BCUT2D eigenvalue weighted by molar-refractivity contribution is 6.04. The molecule has 1 aliphatic heterocycles. The first-order valence-corrected chi connectivity index (χ1v) is 12.2. The van der Waals surface area contributed by atoms with Crippen molar-refractivity contribution in [3.8, 4) is 0 Å². The lowest BCUT2D eigenvalue weighted by molar-refractivity contribution is -0.150. The van der Waals surface area contributed by atoms with Crippen molar-refractivity contribution >= 4 is 53.0 Å². The number of amides is 3. The van der Waals surface area contributed by atoms with E-state index >= 15 is 0 Å². The van der Waals surface area contributed by atoms with Gasteiger partial charge in [0, 0.05) is 29.2 Å². The highest BCUT2D eigenvalue weighted by Crippen LogP contribution is 2.23. The number of aliphatic hydroxyl groups excluding tert-OH is 1. The first-order valence-electron chi connectivity index (χ1n) is 12.2. The Balaban J connectivity index is 0.00000441. The molecule has 0 aliphatic carbocycles. The number of anilines is 3. The molecule has 1 fully saturated rings. The summed E-state index contributed by atoms with van der Waals surface area (Å²) in [5.74, 6) is -1.80. The van der Waals surface area contributed by atoms with Crippen LogP contribution in [0.15, 0.2) is 78.9 Å². The third-order valence-corrected chi connectivity index (χ3v) is 5.95. The van der Waals surface area contributed by atoms with Crippen molar-refractivity contribution in [1.29, 1.82) is 5.41 Å². The molecular formula is C28H30ClN5O6. The second-order valence-electron chi connectivity index (χ2n) is 8.78. The summed E-state index contributed by atoms with van der Waals surface area (Å²) in [5.41, 5.74) is 8.30. The topological polar surface area (TPSA) is 167 Å². The summed E-state index contributed by atoms with van der Waals surface area (Å²) in [4.78, 5) is 39.3. The molecular weight excluding hydrogens is 538 g/mol. The number of hydrogen-bond donors (Lipinski definition) is 5. The number of benzene rings is 3. The van der Waals surface area contributed by atoms with Gasteiger partial charge >= 0.3 is 0 Å². The summed E-state index contributed by atoms with van der Waals surface area (Å²) >= 11 is 0. The molecule has 11 nitrogen and oxygen atoms in total. The number of halogens is 1. The maximum absolute atomic E-state index is 13.1. The smallest absolute Gasteiger partial charge is 0.259 e. The summed E-state index contributed by atoms with van der Waals surface area (Å²) in [6, 6.07) is 22.3. The molecule has 0 unspecified atom stereocenters. The number of nitrogens with one attached hydrogen (secondary N) is 3. The molecule has 12 heteroatoms. The molecule has 0 bridgehead atoms. The standard InChI is InChI=1S/C28H29N5O6.ClH/c29-26(30)19-6-8-21(9-7-19)32-27(36)24(35)25-28(37)33(14-15-39-25)22-12-10-20(11-13-22)31-23(34)17-38-16-18-4-2-1-3-5-18;/h1-13,24-25,35H,14-17H2,(H3,29,30)(H,31,34)(H,32,36);1H/t24-,25-;/m1./s1. The summed E-state index contributed by atoms with van der Waals surface area (Å²) in [7, 11) is 0. The van der Waals surface area contributed by atoms with Gasteiger partial charge in [0.2, 0.25) is 5.91 Å². The maximum atomic E-state index is 13.1. The molecule has 40 heavy (non-hydrogen) atoms. The van der Waals surface area contributed by atoms with Gasteiger partial charge in [0.15, 0.2) is 12.2 Å². The number of nitrogens with zero attached hydrogens (tertiary/aromatic N) is 1. The number of aliphatic hydroxyl groups is 1. The van der Waals surface area contributed by atoms with Gasteiger partial charge in [-0.2, -0.15) is 0 Å². The van der Waals surface area contributed by atoms with Crippen LogP contribution in [0, 0.1) is 5.41 Å². The second kappa shape index (κ2) is 14.2. The lowest BCUT2D eigenvalue weighted by Gasteiger charge is -2.34.